The molecule has 1 saturated heterocycles. The minimum atomic E-state index is 0.784. The fraction of sp³-hybridized carbons (Fsp3) is 0.700. The summed E-state index contributed by atoms with van der Waals surface area (Å²) < 4.78 is 11.6. The molecule has 1 aromatic carbocycles. The summed E-state index contributed by atoms with van der Waals surface area (Å²) >= 11 is 0. The van der Waals surface area contributed by atoms with Crippen LogP contribution in [0.2, 0.25) is 0 Å². The number of likely N-dealkylation sites (N-methyl/N-ethyl adjacent to an activating group) is 2. The zero-order valence-corrected chi connectivity index (χ0v) is 17.0. The lowest BCUT2D eigenvalue weighted by atomic mass is 10.2. The van der Waals surface area contributed by atoms with Gasteiger partial charge < -0.3 is 24.2 Å². The van der Waals surface area contributed by atoms with Crippen LogP contribution in [0.1, 0.15) is 0 Å². The van der Waals surface area contributed by atoms with Crippen molar-refractivity contribution in [3.8, 4) is 0 Å². The van der Waals surface area contributed by atoms with Crippen LogP contribution in [0.3, 0.4) is 0 Å². The Morgan fingerprint density at radius 2 is 1.38 bits per heavy atom. The average Bonchev–Trinajstić information content (AvgIpc) is 2.63. The van der Waals surface area contributed by atoms with E-state index in [9.17, 15) is 0 Å². The summed E-state index contributed by atoms with van der Waals surface area (Å²) in [5.74, 6) is 0. The number of rotatable bonds is 5. The van der Waals surface area contributed by atoms with Gasteiger partial charge in [0.25, 0.3) is 0 Å². The maximum absolute atomic E-state index is 5.80. The van der Waals surface area contributed by atoms with Gasteiger partial charge in [0.05, 0.1) is 37.8 Å². The molecule has 26 heavy (non-hydrogen) atoms. The van der Waals surface area contributed by atoms with E-state index in [2.05, 4.69) is 72.1 Å². The SMILES string of the molecule is CN1CCOCCN(CCN(C)c2ccccc2N(C)C)CCOCC1. The summed E-state index contributed by atoms with van der Waals surface area (Å²) in [4.78, 5) is 9.21. The maximum atomic E-state index is 5.80. The lowest BCUT2D eigenvalue weighted by Gasteiger charge is -2.29. The lowest BCUT2D eigenvalue weighted by molar-refractivity contribution is 0.0446. The maximum Gasteiger partial charge on any atom is 0.0601 e. The van der Waals surface area contributed by atoms with Crippen molar-refractivity contribution in [2.75, 3.05) is 104 Å². The van der Waals surface area contributed by atoms with Crippen molar-refractivity contribution in [2.24, 2.45) is 0 Å². The molecule has 6 nitrogen and oxygen atoms in total. The lowest BCUT2D eigenvalue weighted by Crippen LogP contribution is -2.39. The van der Waals surface area contributed by atoms with Crippen LogP contribution in [0.15, 0.2) is 24.3 Å². The third-order valence-electron chi connectivity index (χ3n) is 4.86. The van der Waals surface area contributed by atoms with Crippen molar-refractivity contribution in [1.29, 1.82) is 0 Å². The van der Waals surface area contributed by atoms with Crippen LogP contribution >= 0.6 is 0 Å². The van der Waals surface area contributed by atoms with Crippen LogP contribution in [0.25, 0.3) is 0 Å². The van der Waals surface area contributed by atoms with Gasteiger partial charge in [-0.1, -0.05) is 12.1 Å². The highest BCUT2D eigenvalue weighted by Crippen LogP contribution is 2.26. The minimum Gasteiger partial charge on any atom is -0.379 e. The second kappa shape index (κ2) is 11.4. The van der Waals surface area contributed by atoms with E-state index in [-0.39, 0.29) is 0 Å². The van der Waals surface area contributed by atoms with Gasteiger partial charge in [-0.15, -0.1) is 0 Å². The van der Waals surface area contributed by atoms with Crippen LogP contribution in [-0.4, -0.2) is 104 Å². The fourth-order valence-electron chi connectivity index (χ4n) is 3.06. The van der Waals surface area contributed by atoms with Gasteiger partial charge in [-0.3, -0.25) is 4.90 Å². The van der Waals surface area contributed by atoms with Gasteiger partial charge in [0.15, 0.2) is 0 Å². The number of nitrogens with zero attached hydrogens (tertiary/aromatic N) is 4. The molecule has 0 saturated carbocycles. The summed E-state index contributed by atoms with van der Waals surface area (Å²) in [6.45, 7) is 8.98. The van der Waals surface area contributed by atoms with E-state index in [1.807, 2.05) is 0 Å². The second-order valence-corrected chi connectivity index (χ2v) is 7.17. The predicted octanol–water partition coefficient (Wildman–Crippen LogP) is 1.47. The first-order valence-electron chi connectivity index (χ1n) is 9.62. The van der Waals surface area contributed by atoms with Crippen LogP contribution in [0, 0.1) is 0 Å². The highest BCUT2D eigenvalue weighted by molar-refractivity contribution is 5.70. The molecular weight excluding hydrogens is 328 g/mol. The molecular formula is C20H36N4O2. The summed E-state index contributed by atoms with van der Waals surface area (Å²) in [6.07, 6.45) is 0. The van der Waals surface area contributed by atoms with Gasteiger partial charge in [-0.05, 0) is 19.2 Å². The first kappa shape index (κ1) is 21.0. The Bertz CT molecular complexity index is 498. The second-order valence-electron chi connectivity index (χ2n) is 7.17. The predicted molar refractivity (Wildman–Crippen MR) is 110 cm³/mol. The molecule has 0 aliphatic carbocycles. The van der Waals surface area contributed by atoms with E-state index in [4.69, 9.17) is 9.47 Å². The highest BCUT2D eigenvalue weighted by Gasteiger charge is 2.12. The third kappa shape index (κ3) is 7.11. The van der Waals surface area contributed by atoms with Crippen LogP contribution in [0.4, 0.5) is 11.4 Å². The quantitative estimate of drug-likeness (QED) is 0.787. The van der Waals surface area contributed by atoms with Gasteiger partial charge in [0, 0.05) is 60.4 Å². The van der Waals surface area contributed by atoms with Crippen molar-refractivity contribution in [3.63, 3.8) is 0 Å². The number of para-hydroxylation sites is 2. The van der Waals surface area contributed by atoms with Crippen molar-refractivity contribution >= 4 is 11.4 Å². The Labute approximate surface area is 159 Å². The zero-order chi connectivity index (χ0) is 18.8. The molecule has 0 N–H and O–H groups in total. The molecule has 1 heterocycles. The van der Waals surface area contributed by atoms with E-state index in [1.165, 1.54) is 11.4 Å². The van der Waals surface area contributed by atoms with Crippen LogP contribution in [-0.2, 0) is 9.47 Å². The average molecular weight is 365 g/mol. The van der Waals surface area contributed by atoms with E-state index < -0.39 is 0 Å². The van der Waals surface area contributed by atoms with Gasteiger partial charge in [-0.25, -0.2) is 0 Å². The Morgan fingerprint density at radius 3 is 1.96 bits per heavy atom. The van der Waals surface area contributed by atoms with Crippen molar-refractivity contribution in [3.05, 3.63) is 24.3 Å². The molecule has 0 bridgehead atoms. The summed E-state index contributed by atoms with van der Waals surface area (Å²) in [5.41, 5.74) is 2.52. The standard InChI is InChI=1S/C20H36N4O2/c1-21(2)19-7-5-6-8-20(19)23(4)9-10-24-13-17-25-15-11-22(3)12-16-26-18-14-24/h5-8H,9-18H2,1-4H3. The van der Waals surface area contributed by atoms with Crippen LogP contribution in [0.5, 0.6) is 0 Å². The normalized spacial score (nSPS) is 18.8. The molecule has 148 valence electrons. The molecule has 0 spiro atoms. The van der Waals surface area contributed by atoms with Crippen molar-refractivity contribution in [2.45, 2.75) is 0 Å². The third-order valence-corrected chi connectivity index (χ3v) is 4.86. The Morgan fingerprint density at radius 1 is 0.846 bits per heavy atom. The molecule has 2 rings (SSSR count). The largest absolute Gasteiger partial charge is 0.379 e. The molecule has 1 aromatic rings. The fourth-order valence-corrected chi connectivity index (χ4v) is 3.06. The number of anilines is 2. The van der Waals surface area contributed by atoms with Gasteiger partial charge in [0.2, 0.25) is 0 Å². The molecule has 1 aliphatic rings. The molecule has 0 radical (unpaired) electrons. The van der Waals surface area contributed by atoms with Crippen molar-refractivity contribution < 1.29 is 9.47 Å². The topological polar surface area (TPSA) is 31.4 Å². The summed E-state index contributed by atoms with van der Waals surface area (Å²) in [6, 6.07) is 8.55. The molecule has 1 fully saturated rings. The Hall–Kier alpha value is -1.34. The van der Waals surface area contributed by atoms with E-state index in [0.717, 1.165) is 65.7 Å². The summed E-state index contributed by atoms with van der Waals surface area (Å²) in [5, 5.41) is 0. The van der Waals surface area contributed by atoms with E-state index in [1.54, 1.807) is 0 Å². The van der Waals surface area contributed by atoms with Gasteiger partial charge in [0.1, 0.15) is 0 Å². The smallest absolute Gasteiger partial charge is 0.0601 e. The number of benzene rings is 1. The molecule has 6 heteroatoms. The molecule has 1 aliphatic heterocycles. The number of ether oxygens (including phenoxy) is 2. The van der Waals surface area contributed by atoms with E-state index >= 15 is 0 Å². The Kier molecular flexibility index (Phi) is 9.18. The number of hydrogen-bond donors (Lipinski definition) is 0. The monoisotopic (exact) mass is 364 g/mol. The number of hydrogen-bond acceptors (Lipinski definition) is 6. The van der Waals surface area contributed by atoms with Crippen molar-refractivity contribution in [1.82, 2.24) is 9.80 Å². The van der Waals surface area contributed by atoms with Gasteiger partial charge >= 0.3 is 0 Å². The first-order valence-corrected chi connectivity index (χ1v) is 9.62. The Balaban J connectivity index is 1.85. The van der Waals surface area contributed by atoms with Gasteiger partial charge in [-0.2, -0.15) is 0 Å². The molecule has 0 atom stereocenters. The first-order chi connectivity index (χ1) is 12.6. The molecule has 0 unspecified atom stereocenters. The molecule has 0 amide bonds. The zero-order valence-electron chi connectivity index (χ0n) is 17.0. The van der Waals surface area contributed by atoms with E-state index in [0.29, 0.717) is 0 Å². The highest BCUT2D eigenvalue weighted by atomic mass is 16.5. The minimum absolute atomic E-state index is 0.784. The summed E-state index contributed by atoms with van der Waals surface area (Å²) in [7, 11) is 8.47. The van der Waals surface area contributed by atoms with Crippen LogP contribution < -0.4 is 9.80 Å². The molecule has 0 aromatic heterocycles.